The van der Waals surface area contributed by atoms with Gasteiger partial charge in [-0.2, -0.15) is 0 Å². The van der Waals surface area contributed by atoms with Crippen molar-refractivity contribution in [1.82, 2.24) is 0 Å². The first-order valence-electron chi connectivity index (χ1n) is 9.30. The highest BCUT2D eigenvalue weighted by Crippen LogP contribution is 2.40. The minimum Gasteiger partial charge on any atom is -0.373 e. The zero-order valence-electron chi connectivity index (χ0n) is 15.0. The molecule has 0 unspecified atom stereocenters. The highest BCUT2D eigenvalue weighted by Gasteiger charge is 2.23. The first-order chi connectivity index (χ1) is 12.3. The van der Waals surface area contributed by atoms with E-state index >= 15 is 0 Å². The Hall–Kier alpha value is -2.12. The van der Waals surface area contributed by atoms with Gasteiger partial charge in [-0.15, -0.1) is 6.58 Å². The van der Waals surface area contributed by atoms with Gasteiger partial charge in [0.25, 0.3) is 0 Å². The van der Waals surface area contributed by atoms with Crippen LogP contribution in [-0.4, -0.2) is 6.61 Å². The van der Waals surface area contributed by atoms with E-state index in [0.29, 0.717) is 25.0 Å². The highest BCUT2D eigenvalue weighted by atomic mass is 16.5. The Morgan fingerprint density at radius 2 is 1.32 bits per heavy atom. The van der Waals surface area contributed by atoms with E-state index in [4.69, 9.17) is 4.74 Å². The molecule has 1 aliphatic carbocycles. The fourth-order valence-corrected chi connectivity index (χ4v) is 3.81. The van der Waals surface area contributed by atoms with E-state index in [2.05, 4.69) is 61.7 Å². The molecule has 2 aromatic carbocycles. The van der Waals surface area contributed by atoms with Crippen LogP contribution in [0.3, 0.4) is 0 Å². The van der Waals surface area contributed by atoms with Crippen molar-refractivity contribution in [3.63, 3.8) is 0 Å². The summed E-state index contributed by atoms with van der Waals surface area (Å²) in [6, 6.07) is 17.9. The molecular formula is C24H28O. The first-order valence-corrected chi connectivity index (χ1v) is 9.30. The Labute approximate surface area is 152 Å². The third-order valence-electron chi connectivity index (χ3n) is 5.33. The van der Waals surface area contributed by atoms with Crippen molar-refractivity contribution in [3.05, 3.63) is 90.0 Å². The van der Waals surface area contributed by atoms with Crippen LogP contribution in [0.5, 0.6) is 0 Å². The predicted molar refractivity (Wildman–Crippen MR) is 107 cm³/mol. The normalized spacial score (nSPS) is 20.2. The topological polar surface area (TPSA) is 9.23 Å². The monoisotopic (exact) mass is 332 g/mol. The zero-order valence-corrected chi connectivity index (χ0v) is 15.0. The maximum Gasteiger partial charge on any atom is 0.0721 e. The van der Waals surface area contributed by atoms with E-state index in [1.807, 2.05) is 6.08 Å². The standard InChI is InChI=1S/C24H28O/c1-3-17-25-18-20-7-11-22(12-8-20)24-15-13-23(14-16-24)21-9-5-19(4-2)6-10-21/h3-12,23-24H,1-2,13-18H2. The Balaban J connectivity index is 1.54. The summed E-state index contributed by atoms with van der Waals surface area (Å²) in [6.45, 7) is 8.78. The number of ether oxygens (including phenoxy) is 1. The summed E-state index contributed by atoms with van der Waals surface area (Å²) < 4.78 is 5.51. The molecule has 0 heterocycles. The molecule has 0 aromatic heterocycles. The van der Waals surface area contributed by atoms with Crippen LogP contribution >= 0.6 is 0 Å². The molecular weight excluding hydrogens is 304 g/mol. The van der Waals surface area contributed by atoms with Gasteiger partial charge in [-0.25, -0.2) is 0 Å². The van der Waals surface area contributed by atoms with Gasteiger partial charge in [0.15, 0.2) is 0 Å². The van der Waals surface area contributed by atoms with E-state index in [-0.39, 0.29) is 0 Å². The quantitative estimate of drug-likeness (QED) is 0.417. The van der Waals surface area contributed by atoms with E-state index in [1.165, 1.54) is 47.9 Å². The SMILES string of the molecule is C=CCOCc1ccc(C2CCC(c3ccc(C=C)cc3)CC2)cc1. The molecule has 1 aliphatic rings. The summed E-state index contributed by atoms with van der Waals surface area (Å²) in [4.78, 5) is 0. The molecule has 0 spiro atoms. The lowest BCUT2D eigenvalue weighted by atomic mass is 9.76. The summed E-state index contributed by atoms with van der Waals surface area (Å²) in [6.07, 6.45) is 8.81. The van der Waals surface area contributed by atoms with Crippen LogP contribution in [0, 0.1) is 0 Å². The van der Waals surface area contributed by atoms with E-state index < -0.39 is 0 Å². The average molecular weight is 332 g/mol. The minimum atomic E-state index is 0.611. The van der Waals surface area contributed by atoms with Gasteiger partial charge in [0, 0.05) is 0 Å². The molecule has 0 radical (unpaired) electrons. The van der Waals surface area contributed by atoms with E-state index in [1.54, 1.807) is 6.08 Å². The van der Waals surface area contributed by atoms with Crippen LogP contribution in [0.4, 0.5) is 0 Å². The second kappa shape index (κ2) is 8.82. The third-order valence-corrected chi connectivity index (χ3v) is 5.33. The molecule has 1 heteroatoms. The molecule has 1 fully saturated rings. The fraction of sp³-hybridized carbons (Fsp3) is 0.333. The van der Waals surface area contributed by atoms with Crippen molar-refractivity contribution in [1.29, 1.82) is 0 Å². The van der Waals surface area contributed by atoms with Crippen molar-refractivity contribution in [3.8, 4) is 0 Å². The van der Waals surface area contributed by atoms with Crippen LogP contribution in [0.25, 0.3) is 6.08 Å². The summed E-state index contributed by atoms with van der Waals surface area (Å²) in [5.74, 6) is 1.41. The Kier molecular flexibility index (Phi) is 6.25. The second-order valence-corrected chi connectivity index (χ2v) is 6.96. The smallest absolute Gasteiger partial charge is 0.0721 e. The lowest BCUT2D eigenvalue weighted by Crippen LogP contribution is -2.12. The molecule has 1 saturated carbocycles. The molecule has 130 valence electrons. The van der Waals surface area contributed by atoms with Gasteiger partial charge in [-0.05, 0) is 59.8 Å². The molecule has 3 rings (SSSR count). The molecule has 0 bridgehead atoms. The zero-order chi connectivity index (χ0) is 17.5. The van der Waals surface area contributed by atoms with Crippen LogP contribution in [0.1, 0.15) is 59.8 Å². The summed E-state index contributed by atoms with van der Waals surface area (Å²) >= 11 is 0. The minimum absolute atomic E-state index is 0.611. The Morgan fingerprint density at radius 1 is 0.800 bits per heavy atom. The molecule has 1 nitrogen and oxygen atoms in total. The Bertz CT molecular complexity index is 673. The largest absolute Gasteiger partial charge is 0.373 e. The summed E-state index contributed by atoms with van der Waals surface area (Å²) in [5, 5.41) is 0. The van der Waals surface area contributed by atoms with E-state index in [0.717, 1.165) is 0 Å². The molecule has 25 heavy (non-hydrogen) atoms. The number of rotatable bonds is 7. The van der Waals surface area contributed by atoms with Crippen LogP contribution < -0.4 is 0 Å². The first kappa shape index (κ1) is 17.7. The van der Waals surface area contributed by atoms with Crippen LogP contribution in [0.15, 0.2) is 67.8 Å². The average Bonchev–Trinajstić information content (AvgIpc) is 2.69. The maximum absolute atomic E-state index is 5.51. The van der Waals surface area contributed by atoms with Gasteiger partial charge in [-0.3, -0.25) is 0 Å². The van der Waals surface area contributed by atoms with Crippen LogP contribution in [-0.2, 0) is 11.3 Å². The predicted octanol–water partition coefficient (Wildman–Crippen LogP) is 6.47. The molecule has 0 atom stereocenters. The van der Waals surface area contributed by atoms with Gasteiger partial charge in [0.2, 0.25) is 0 Å². The highest BCUT2D eigenvalue weighted by molar-refractivity contribution is 5.47. The van der Waals surface area contributed by atoms with Crippen molar-refractivity contribution >= 4 is 6.08 Å². The fourth-order valence-electron chi connectivity index (χ4n) is 3.81. The van der Waals surface area contributed by atoms with Gasteiger partial charge < -0.3 is 4.74 Å². The second-order valence-electron chi connectivity index (χ2n) is 6.96. The molecule has 0 saturated heterocycles. The number of hydrogen-bond acceptors (Lipinski definition) is 1. The van der Waals surface area contributed by atoms with Gasteiger partial charge in [-0.1, -0.05) is 67.3 Å². The maximum atomic E-state index is 5.51. The van der Waals surface area contributed by atoms with Crippen LogP contribution in [0.2, 0.25) is 0 Å². The van der Waals surface area contributed by atoms with Gasteiger partial charge in [0.1, 0.15) is 0 Å². The molecule has 0 aliphatic heterocycles. The molecule has 2 aromatic rings. The van der Waals surface area contributed by atoms with E-state index in [9.17, 15) is 0 Å². The van der Waals surface area contributed by atoms with Crippen molar-refractivity contribution in [2.45, 2.75) is 44.1 Å². The summed E-state index contributed by atoms with van der Waals surface area (Å²) in [7, 11) is 0. The summed E-state index contributed by atoms with van der Waals surface area (Å²) in [5.41, 5.74) is 5.41. The van der Waals surface area contributed by atoms with Gasteiger partial charge >= 0.3 is 0 Å². The van der Waals surface area contributed by atoms with Crippen molar-refractivity contribution in [2.24, 2.45) is 0 Å². The van der Waals surface area contributed by atoms with Gasteiger partial charge in [0.05, 0.1) is 13.2 Å². The lowest BCUT2D eigenvalue weighted by molar-refractivity contribution is 0.149. The van der Waals surface area contributed by atoms with Crippen molar-refractivity contribution < 1.29 is 4.74 Å². The number of benzene rings is 2. The lowest BCUT2D eigenvalue weighted by Gasteiger charge is -2.29. The third kappa shape index (κ3) is 4.70. The number of hydrogen-bond donors (Lipinski definition) is 0. The molecule has 0 N–H and O–H groups in total. The van der Waals surface area contributed by atoms with Crippen molar-refractivity contribution in [2.75, 3.05) is 6.61 Å². The Morgan fingerprint density at radius 3 is 1.80 bits per heavy atom. The molecule has 0 amide bonds.